The summed E-state index contributed by atoms with van der Waals surface area (Å²) in [6, 6.07) is 19.1. The Balaban J connectivity index is 0.693. The molecule has 5 heterocycles. The summed E-state index contributed by atoms with van der Waals surface area (Å²) in [5.74, 6) is -0.0881. The molecule has 8 rings (SSSR count). The second-order valence-corrected chi connectivity index (χ2v) is 25.5. The van der Waals surface area contributed by atoms with Crippen LogP contribution in [0.5, 0.6) is 5.75 Å². The van der Waals surface area contributed by atoms with Gasteiger partial charge in [0.25, 0.3) is 0 Å². The normalized spacial score (nSPS) is 17.6. The first-order valence-electron chi connectivity index (χ1n) is 28.0. The highest BCUT2D eigenvalue weighted by atomic mass is 32.2. The van der Waals surface area contributed by atoms with Crippen molar-refractivity contribution in [3.05, 3.63) is 89.8 Å². The molecule has 0 aliphatic carbocycles. The van der Waals surface area contributed by atoms with E-state index >= 15 is 0 Å². The molecule has 2 aromatic heterocycles. The zero-order valence-electron chi connectivity index (χ0n) is 47.9. The van der Waals surface area contributed by atoms with Crippen LogP contribution in [-0.2, 0) is 45.0 Å². The van der Waals surface area contributed by atoms with E-state index in [1.54, 1.807) is 56.6 Å². The number of anilines is 5. The zero-order valence-corrected chi connectivity index (χ0v) is 49.6. The Bertz CT molecular complexity index is 3090. The van der Waals surface area contributed by atoms with E-state index in [1.807, 2.05) is 80.6 Å². The van der Waals surface area contributed by atoms with Gasteiger partial charge in [0.05, 0.1) is 83.7 Å². The highest BCUT2D eigenvalue weighted by molar-refractivity contribution is 7.92. The van der Waals surface area contributed by atoms with Crippen molar-refractivity contribution in [1.29, 1.82) is 0 Å². The molecule has 5 aromatic rings. The molecule has 0 radical (unpaired) electrons. The lowest BCUT2D eigenvalue weighted by molar-refractivity contribution is -0.144. The maximum Gasteiger partial charge on any atom is 0.246 e. The lowest BCUT2D eigenvalue weighted by Crippen LogP contribution is -2.57. The van der Waals surface area contributed by atoms with Crippen molar-refractivity contribution < 1.29 is 46.9 Å². The van der Waals surface area contributed by atoms with Crippen LogP contribution >= 0.6 is 11.3 Å². The third kappa shape index (κ3) is 15.8. The number of thiazole rings is 1. The minimum Gasteiger partial charge on any atom is -0.494 e. The smallest absolute Gasteiger partial charge is 0.246 e. The molecule has 442 valence electrons. The number of sulfone groups is 1. The number of ether oxygens (including phenoxy) is 3. The highest BCUT2D eigenvalue weighted by Gasteiger charge is 2.44. The van der Waals surface area contributed by atoms with Crippen molar-refractivity contribution in [2.24, 2.45) is 5.41 Å². The van der Waals surface area contributed by atoms with E-state index in [4.69, 9.17) is 14.2 Å². The maximum absolute atomic E-state index is 14.0. The molecule has 3 saturated heterocycles. The quantitative estimate of drug-likeness (QED) is 0.0463. The number of β-amino-alcohol motifs (C(OH)–C–C–N with tert-alkyl or cyclic N) is 1. The van der Waals surface area contributed by atoms with Gasteiger partial charge in [0.15, 0.2) is 9.84 Å². The van der Waals surface area contributed by atoms with Crippen LogP contribution in [-0.4, -0.2) is 181 Å². The van der Waals surface area contributed by atoms with E-state index in [0.717, 1.165) is 66.4 Å². The molecular formula is C58H78N12O10S2. The Morgan fingerprint density at radius 2 is 1.50 bits per heavy atom. The van der Waals surface area contributed by atoms with E-state index in [2.05, 4.69) is 51.0 Å². The Labute approximate surface area is 484 Å². The molecule has 0 bridgehead atoms. The Kier molecular flexibility index (Phi) is 20.9. The van der Waals surface area contributed by atoms with Gasteiger partial charge in [-0.15, -0.1) is 11.3 Å². The lowest BCUT2D eigenvalue weighted by Gasteiger charge is -2.43. The number of para-hydroxylation sites is 1. The number of hydrogen-bond donors (Lipinski definition) is 5. The van der Waals surface area contributed by atoms with Gasteiger partial charge >= 0.3 is 0 Å². The van der Waals surface area contributed by atoms with Crippen molar-refractivity contribution in [3.63, 3.8) is 0 Å². The molecule has 3 aliphatic rings. The summed E-state index contributed by atoms with van der Waals surface area (Å²) in [6.45, 7) is 16.5. The number of aromatic nitrogens is 4. The number of aliphatic hydroxyl groups excluding tert-OH is 1. The van der Waals surface area contributed by atoms with Crippen molar-refractivity contribution in [2.75, 3.05) is 94.9 Å². The number of methoxy groups -OCH3 is 1. The summed E-state index contributed by atoms with van der Waals surface area (Å²) in [5, 5.41) is 22.1. The summed E-state index contributed by atoms with van der Waals surface area (Å²) >= 11 is 1.57. The molecule has 1 unspecified atom stereocenters. The largest absolute Gasteiger partial charge is 0.494 e. The summed E-state index contributed by atoms with van der Waals surface area (Å²) in [5.41, 5.74) is 6.07. The predicted octanol–water partition coefficient (Wildman–Crippen LogP) is 5.72. The molecular weight excluding hydrogens is 1090 g/mol. The number of nitrogens with one attached hydrogen (secondary N) is 4. The van der Waals surface area contributed by atoms with Gasteiger partial charge in [-0.25, -0.2) is 23.4 Å². The number of piperazine rings is 1. The number of hydrogen-bond acceptors (Lipinski definition) is 19. The monoisotopic (exact) mass is 1170 g/mol. The van der Waals surface area contributed by atoms with Gasteiger partial charge in [0, 0.05) is 83.0 Å². The maximum atomic E-state index is 14.0. The zero-order chi connectivity index (χ0) is 58.6. The molecule has 3 aliphatic heterocycles. The van der Waals surface area contributed by atoms with Crippen LogP contribution < -0.4 is 30.9 Å². The van der Waals surface area contributed by atoms with E-state index in [9.17, 15) is 32.7 Å². The first-order valence-corrected chi connectivity index (χ1v) is 30.4. The van der Waals surface area contributed by atoms with Gasteiger partial charge in [-0.2, -0.15) is 4.98 Å². The fraction of sp³-hybridized carbons (Fsp3) is 0.517. The predicted molar refractivity (Wildman–Crippen MR) is 314 cm³/mol. The molecule has 4 amide bonds. The number of carbonyl (C=O) groups excluding carboxylic acids is 4. The second kappa shape index (κ2) is 28.0. The van der Waals surface area contributed by atoms with Crippen molar-refractivity contribution in [3.8, 4) is 16.2 Å². The SMILES string of the molecule is COc1cc(N2CCC(N3CCN(C(=O)CCOCCOCCC(=O)NC(C(=O)N4C[C@H](O)C[C@H]4C(=O)NCc4ccc(-c5scnc5C)cc4)C(C)(C)C)CC3)CC2)ccc1Nc1ncnc(Nc2ccccc2S(=O)(=O)C(C)C)n1. The number of aryl methyl sites for hydroxylation is 1. The van der Waals surface area contributed by atoms with Crippen LogP contribution in [0.2, 0.25) is 0 Å². The Hall–Kier alpha value is -6.83. The Morgan fingerprint density at radius 3 is 2.15 bits per heavy atom. The van der Waals surface area contributed by atoms with E-state index in [1.165, 1.54) is 11.2 Å². The number of aliphatic hydroxyl groups is 1. The molecule has 5 N–H and O–H groups in total. The van der Waals surface area contributed by atoms with Crippen molar-refractivity contribution in [1.82, 2.24) is 45.3 Å². The summed E-state index contributed by atoms with van der Waals surface area (Å²) < 4.78 is 43.2. The van der Waals surface area contributed by atoms with Gasteiger partial charge < -0.3 is 55.3 Å². The average molecular weight is 1170 g/mol. The summed E-state index contributed by atoms with van der Waals surface area (Å²) in [6.07, 6.45) is 2.79. The van der Waals surface area contributed by atoms with Crippen LogP contribution in [0, 0.1) is 12.3 Å². The van der Waals surface area contributed by atoms with Crippen molar-refractivity contribution >= 4 is 73.8 Å². The van der Waals surface area contributed by atoms with Crippen LogP contribution in [0.25, 0.3) is 10.4 Å². The van der Waals surface area contributed by atoms with Gasteiger partial charge in [-0.3, -0.25) is 24.1 Å². The van der Waals surface area contributed by atoms with Crippen LogP contribution in [0.3, 0.4) is 0 Å². The number of amides is 4. The van der Waals surface area contributed by atoms with Gasteiger partial charge in [0.1, 0.15) is 24.2 Å². The summed E-state index contributed by atoms with van der Waals surface area (Å²) in [7, 11) is -1.95. The topological polar surface area (TPSA) is 263 Å². The number of likely N-dealkylation sites (tertiary alicyclic amines) is 1. The lowest BCUT2D eigenvalue weighted by atomic mass is 9.85. The van der Waals surface area contributed by atoms with Gasteiger partial charge in [0.2, 0.25) is 35.5 Å². The number of piperidine rings is 1. The van der Waals surface area contributed by atoms with E-state index in [-0.39, 0.29) is 93.3 Å². The van der Waals surface area contributed by atoms with Gasteiger partial charge in [-0.05, 0) is 74.4 Å². The molecule has 24 heteroatoms. The summed E-state index contributed by atoms with van der Waals surface area (Å²) in [4.78, 5) is 80.5. The first-order chi connectivity index (χ1) is 39.3. The van der Waals surface area contributed by atoms with Crippen LogP contribution in [0.15, 0.2) is 83.5 Å². The van der Waals surface area contributed by atoms with E-state index < -0.39 is 44.6 Å². The average Bonchev–Trinajstić information content (AvgIpc) is 4.26. The molecule has 22 nitrogen and oxygen atoms in total. The van der Waals surface area contributed by atoms with Crippen LogP contribution in [0.1, 0.15) is 78.0 Å². The minimum absolute atomic E-state index is 0.000560. The Morgan fingerprint density at radius 1 is 0.829 bits per heavy atom. The molecule has 3 aromatic carbocycles. The number of rotatable bonds is 24. The molecule has 3 atom stereocenters. The van der Waals surface area contributed by atoms with Gasteiger partial charge in [-0.1, -0.05) is 57.2 Å². The number of benzene rings is 3. The van der Waals surface area contributed by atoms with Crippen LogP contribution in [0.4, 0.5) is 29.0 Å². The first kappa shape index (κ1) is 61.2. The van der Waals surface area contributed by atoms with Crippen molar-refractivity contribution in [2.45, 2.75) is 115 Å². The minimum atomic E-state index is -3.56. The fourth-order valence-electron chi connectivity index (χ4n) is 10.4. The van der Waals surface area contributed by atoms with E-state index in [0.29, 0.717) is 36.3 Å². The third-order valence-corrected chi connectivity index (χ3v) is 18.3. The second-order valence-electron chi connectivity index (χ2n) is 22.2. The fourth-order valence-corrected chi connectivity index (χ4v) is 12.4. The number of carbonyl (C=O) groups is 4. The standard InChI is InChI=1S/C58H78N12O10S2/c1-38(2)82(76,77)49-11-9-8-10-46(49)64-57-61-36-60-56(66-57)63-45-17-16-43(32-48(45)78-7)67-22-18-42(19-23-67)68-24-26-69(27-25-68)51(73)21-29-80-31-30-79-28-20-50(72)65-53(58(4,5)6)55(75)70-35-44(71)33-47(70)54(74)59-34-40-12-14-41(15-13-40)52-39(3)62-37-81-52/h8-17,32,36-38,42,44,47,53,71H,18-31,33-35H2,1-7H3,(H,59,74)(H,65,72)(H2,60,61,63,64,66)/t44-,47+,53?/m1/s1. The molecule has 3 fully saturated rings. The molecule has 82 heavy (non-hydrogen) atoms. The third-order valence-electron chi connectivity index (χ3n) is 15.1. The molecule has 0 spiro atoms. The molecule has 0 saturated carbocycles. The highest BCUT2D eigenvalue weighted by Crippen LogP contribution is 2.35. The number of nitrogens with zero attached hydrogens (tertiary/aromatic N) is 8.